The summed E-state index contributed by atoms with van der Waals surface area (Å²) in [4.78, 5) is 42.5. The van der Waals surface area contributed by atoms with Gasteiger partial charge in [0.2, 0.25) is 11.8 Å². The molecular formula is C23H26N4O4. The largest absolute Gasteiger partial charge is 0.495 e. The first-order chi connectivity index (χ1) is 15.0. The molecule has 2 aromatic rings. The zero-order chi connectivity index (χ0) is 22.0. The van der Waals surface area contributed by atoms with Crippen LogP contribution in [0, 0.1) is 0 Å². The number of para-hydroxylation sites is 2. The highest BCUT2D eigenvalue weighted by molar-refractivity contribution is 6.22. The summed E-state index contributed by atoms with van der Waals surface area (Å²) in [6, 6.07) is 14.2. The van der Waals surface area contributed by atoms with Crippen molar-refractivity contribution in [1.29, 1.82) is 0 Å². The zero-order valence-corrected chi connectivity index (χ0v) is 17.7. The summed E-state index contributed by atoms with van der Waals surface area (Å²) in [6.45, 7) is 4.32. The van der Waals surface area contributed by atoms with Crippen molar-refractivity contribution in [3.8, 4) is 5.75 Å². The summed E-state index contributed by atoms with van der Waals surface area (Å²) < 4.78 is 5.47. The van der Waals surface area contributed by atoms with Crippen molar-refractivity contribution in [3.05, 3.63) is 48.5 Å². The molecular weight excluding hydrogens is 396 g/mol. The molecule has 2 heterocycles. The van der Waals surface area contributed by atoms with Crippen LogP contribution in [0.2, 0.25) is 0 Å². The minimum absolute atomic E-state index is 0.173. The Morgan fingerprint density at radius 1 is 1.00 bits per heavy atom. The number of nitrogens with one attached hydrogen (secondary N) is 1. The average molecular weight is 422 g/mol. The number of carbonyl (C=O) groups excluding carboxylic acids is 3. The van der Waals surface area contributed by atoms with Crippen molar-refractivity contribution in [1.82, 2.24) is 4.90 Å². The van der Waals surface area contributed by atoms with E-state index in [4.69, 9.17) is 4.74 Å². The Balaban J connectivity index is 1.42. The third-order valence-corrected chi connectivity index (χ3v) is 5.75. The molecule has 1 unspecified atom stereocenters. The molecule has 0 bridgehead atoms. The number of benzene rings is 2. The number of nitrogens with zero attached hydrogens (tertiary/aromatic N) is 3. The number of methoxy groups -OCH3 is 1. The van der Waals surface area contributed by atoms with Crippen molar-refractivity contribution >= 4 is 34.8 Å². The van der Waals surface area contributed by atoms with Crippen LogP contribution in [0.4, 0.5) is 17.1 Å². The summed E-state index contributed by atoms with van der Waals surface area (Å²) in [5, 5.41) is 2.68. The first-order valence-electron chi connectivity index (χ1n) is 10.3. The van der Waals surface area contributed by atoms with Crippen LogP contribution in [0.1, 0.15) is 13.3 Å². The fourth-order valence-corrected chi connectivity index (χ4v) is 4.24. The summed E-state index contributed by atoms with van der Waals surface area (Å²) in [7, 11) is 1.66. The number of piperazine rings is 1. The molecule has 0 spiro atoms. The van der Waals surface area contributed by atoms with Crippen LogP contribution in [0.3, 0.4) is 0 Å². The monoisotopic (exact) mass is 422 g/mol. The fraction of sp³-hybridized carbons (Fsp3) is 0.348. The first-order valence-corrected chi connectivity index (χ1v) is 10.3. The van der Waals surface area contributed by atoms with Crippen LogP contribution < -0.4 is 19.9 Å². The molecule has 2 aliphatic rings. The lowest BCUT2D eigenvalue weighted by Gasteiger charge is -2.38. The predicted octanol–water partition coefficient (Wildman–Crippen LogP) is 2.11. The van der Waals surface area contributed by atoms with Crippen molar-refractivity contribution < 1.29 is 19.1 Å². The highest BCUT2D eigenvalue weighted by Crippen LogP contribution is 2.31. The van der Waals surface area contributed by atoms with Gasteiger partial charge in [-0.05, 0) is 36.4 Å². The number of carbonyl (C=O) groups is 3. The molecule has 3 amide bonds. The van der Waals surface area contributed by atoms with Gasteiger partial charge in [-0.15, -0.1) is 0 Å². The molecule has 0 aromatic heterocycles. The van der Waals surface area contributed by atoms with E-state index in [1.165, 1.54) is 11.8 Å². The van der Waals surface area contributed by atoms with Crippen molar-refractivity contribution in [2.45, 2.75) is 19.4 Å². The second-order valence-electron chi connectivity index (χ2n) is 7.71. The predicted molar refractivity (Wildman–Crippen MR) is 118 cm³/mol. The molecule has 2 aromatic carbocycles. The first kappa shape index (κ1) is 20.9. The van der Waals surface area contributed by atoms with E-state index in [2.05, 4.69) is 15.1 Å². The summed E-state index contributed by atoms with van der Waals surface area (Å²) in [5.74, 6) is 0.266. The molecule has 0 saturated carbocycles. The van der Waals surface area contributed by atoms with Gasteiger partial charge in [-0.25, -0.2) is 4.90 Å². The lowest BCUT2D eigenvalue weighted by Crippen LogP contribution is -2.52. The van der Waals surface area contributed by atoms with Crippen LogP contribution >= 0.6 is 0 Å². The minimum Gasteiger partial charge on any atom is -0.495 e. The highest BCUT2D eigenvalue weighted by Gasteiger charge is 2.43. The molecule has 1 atom stereocenters. The molecule has 8 nitrogen and oxygen atoms in total. The number of anilines is 3. The van der Waals surface area contributed by atoms with Crippen LogP contribution in [0.15, 0.2) is 48.5 Å². The van der Waals surface area contributed by atoms with E-state index in [1.807, 2.05) is 24.3 Å². The molecule has 8 heteroatoms. The Hall–Kier alpha value is -3.39. The van der Waals surface area contributed by atoms with Gasteiger partial charge in [-0.2, -0.15) is 0 Å². The number of imide groups is 1. The maximum absolute atomic E-state index is 13.1. The lowest BCUT2D eigenvalue weighted by molar-refractivity contribution is -0.123. The van der Waals surface area contributed by atoms with Crippen molar-refractivity contribution in [2.75, 3.05) is 48.4 Å². The number of rotatable bonds is 5. The van der Waals surface area contributed by atoms with Gasteiger partial charge < -0.3 is 15.0 Å². The van der Waals surface area contributed by atoms with Gasteiger partial charge in [0.25, 0.3) is 5.91 Å². The fourth-order valence-electron chi connectivity index (χ4n) is 4.24. The van der Waals surface area contributed by atoms with E-state index < -0.39 is 6.04 Å². The van der Waals surface area contributed by atoms with E-state index in [0.717, 1.165) is 24.5 Å². The maximum Gasteiger partial charge on any atom is 0.251 e. The number of hydrogen-bond acceptors (Lipinski definition) is 6. The average Bonchev–Trinajstić information content (AvgIpc) is 3.08. The molecule has 0 radical (unpaired) electrons. The van der Waals surface area contributed by atoms with Crippen LogP contribution in [0.5, 0.6) is 5.75 Å². The van der Waals surface area contributed by atoms with Crippen LogP contribution in [-0.4, -0.2) is 62.0 Å². The van der Waals surface area contributed by atoms with Crippen LogP contribution in [-0.2, 0) is 14.4 Å². The Kier molecular flexibility index (Phi) is 5.90. The quantitative estimate of drug-likeness (QED) is 0.744. The Morgan fingerprint density at radius 3 is 2.32 bits per heavy atom. The van der Waals surface area contributed by atoms with Crippen LogP contribution in [0.25, 0.3) is 0 Å². The van der Waals surface area contributed by atoms with E-state index in [-0.39, 0.29) is 24.1 Å². The Morgan fingerprint density at radius 2 is 1.68 bits per heavy atom. The number of hydrogen-bond donors (Lipinski definition) is 1. The van der Waals surface area contributed by atoms with Gasteiger partial charge in [0, 0.05) is 38.8 Å². The summed E-state index contributed by atoms with van der Waals surface area (Å²) >= 11 is 0. The second-order valence-corrected chi connectivity index (χ2v) is 7.71. The van der Waals surface area contributed by atoms with Crippen molar-refractivity contribution in [3.63, 3.8) is 0 Å². The maximum atomic E-state index is 13.1. The zero-order valence-electron chi connectivity index (χ0n) is 17.7. The molecule has 162 valence electrons. The molecule has 31 heavy (non-hydrogen) atoms. The summed E-state index contributed by atoms with van der Waals surface area (Å²) in [5.41, 5.74) is 2.19. The smallest absolute Gasteiger partial charge is 0.251 e. The third kappa shape index (κ3) is 4.25. The number of ether oxygens (including phenoxy) is 1. The van der Waals surface area contributed by atoms with Gasteiger partial charge in [-0.3, -0.25) is 19.3 Å². The highest BCUT2D eigenvalue weighted by atomic mass is 16.5. The van der Waals surface area contributed by atoms with E-state index >= 15 is 0 Å². The van der Waals surface area contributed by atoms with Gasteiger partial charge >= 0.3 is 0 Å². The third-order valence-electron chi connectivity index (χ3n) is 5.75. The topological polar surface area (TPSA) is 82.2 Å². The Labute approximate surface area is 181 Å². The molecule has 4 rings (SSSR count). The Bertz CT molecular complexity index is 983. The normalized spacial score (nSPS) is 19.6. The molecule has 2 aliphatic heterocycles. The standard InChI is InChI=1S/C23H26N4O4/c1-16(28)24-17-7-9-18(10-8-17)27-22(29)15-20(23(27)30)26-13-11-25(12-14-26)19-5-3-4-6-21(19)31-2/h3-10,20H,11-15H2,1-2H3,(H,24,28). The van der Waals surface area contributed by atoms with E-state index in [9.17, 15) is 14.4 Å². The van der Waals surface area contributed by atoms with Gasteiger partial charge in [-0.1, -0.05) is 12.1 Å². The van der Waals surface area contributed by atoms with E-state index in [1.54, 1.807) is 31.4 Å². The summed E-state index contributed by atoms with van der Waals surface area (Å²) in [6.07, 6.45) is 0.181. The number of amides is 3. The van der Waals surface area contributed by atoms with Crippen molar-refractivity contribution in [2.24, 2.45) is 0 Å². The molecule has 2 saturated heterocycles. The lowest BCUT2D eigenvalue weighted by atomic mass is 10.1. The van der Waals surface area contributed by atoms with Gasteiger partial charge in [0.1, 0.15) is 5.75 Å². The second kappa shape index (κ2) is 8.77. The SMILES string of the molecule is COc1ccccc1N1CCN(C2CC(=O)N(c3ccc(NC(C)=O)cc3)C2=O)CC1. The molecule has 2 fully saturated rings. The molecule has 1 N–H and O–H groups in total. The van der Waals surface area contributed by atoms with E-state index in [0.29, 0.717) is 24.5 Å². The van der Waals surface area contributed by atoms with Gasteiger partial charge in [0.15, 0.2) is 0 Å². The molecule has 0 aliphatic carbocycles. The van der Waals surface area contributed by atoms with Gasteiger partial charge in [0.05, 0.1) is 30.9 Å². The minimum atomic E-state index is -0.442.